The lowest BCUT2D eigenvalue weighted by Gasteiger charge is -2.34. The maximum atomic E-state index is 4.93. The summed E-state index contributed by atoms with van der Waals surface area (Å²) in [5.41, 5.74) is 5.19. The second kappa shape index (κ2) is 7.08. The highest BCUT2D eigenvalue weighted by atomic mass is 15.2. The molecule has 0 spiro atoms. The molecule has 4 nitrogen and oxygen atoms in total. The van der Waals surface area contributed by atoms with Crippen LogP contribution in [-0.4, -0.2) is 22.6 Å². The van der Waals surface area contributed by atoms with Gasteiger partial charge in [-0.3, -0.25) is 0 Å². The van der Waals surface area contributed by atoms with Gasteiger partial charge in [-0.15, -0.1) is 0 Å². The molecule has 1 N–H and O–H groups in total. The molecule has 2 aliphatic rings. The largest absolute Gasteiger partial charge is 0.367 e. The molecule has 3 aromatic rings. The van der Waals surface area contributed by atoms with Crippen molar-refractivity contribution < 1.29 is 0 Å². The minimum Gasteiger partial charge on any atom is -0.367 e. The van der Waals surface area contributed by atoms with Crippen molar-refractivity contribution in [3.8, 4) is 0 Å². The van der Waals surface area contributed by atoms with E-state index in [9.17, 15) is 0 Å². The Labute approximate surface area is 167 Å². The Kier molecular flexibility index (Phi) is 4.42. The zero-order chi connectivity index (χ0) is 19.1. The first-order chi connectivity index (χ1) is 13.7. The number of anilines is 2. The van der Waals surface area contributed by atoms with Gasteiger partial charge in [-0.2, -0.15) is 0 Å². The van der Waals surface area contributed by atoms with Gasteiger partial charge in [0.1, 0.15) is 11.6 Å². The van der Waals surface area contributed by atoms with E-state index in [0.717, 1.165) is 37.6 Å². The van der Waals surface area contributed by atoms with Gasteiger partial charge in [0, 0.05) is 35.6 Å². The van der Waals surface area contributed by atoms with E-state index in [1.165, 1.54) is 52.5 Å². The first-order valence-electron chi connectivity index (χ1n) is 10.6. The third kappa shape index (κ3) is 3.01. The average Bonchev–Trinajstić information content (AvgIpc) is 2.69. The summed E-state index contributed by atoms with van der Waals surface area (Å²) in [5.74, 6) is 2.05. The van der Waals surface area contributed by atoms with Crippen LogP contribution < -0.4 is 10.2 Å². The number of aryl methyl sites for hydroxylation is 2. The number of hydrogen-bond donors (Lipinski definition) is 1. The highest BCUT2D eigenvalue weighted by Gasteiger charge is 2.26. The van der Waals surface area contributed by atoms with Gasteiger partial charge in [-0.25, -0.2) is 9.97 Å². The Morgan fingerprint density at radius 3 is 2.68 bits per heavy atom. The number of fused-ring (bicyclic) bond motifs is 2. The molecular weight excluding hydrogens is 344 g/mol. The summed E-state index contributed by atoms with van der Waals surface area (Å²) in [6.45, 7) is 6.22. The summed E-state index contributed by atoms with van der Waals surface area (Å²) in [6.07, 6.45) is 5.74. The molecule has 1 aliphatic heterocycles. The van der Waals surface area contributed by atoms with Crippen LogP contribution in [0.25, 0.3) is 10.8 Å². The zero-order valence-corrected chi connectivity index (χ0v) is 16.8. The van der Waals surface area contributed by atoms with Crippen LogP contribution in [0.15, 0.2) is 36.4 Å². The van der Waals surface area contributed by atoms with Crippen molar-refractivity contribution in [2.45, 2.75) is 58.5 Å². The molecule has 0 saturated heterocycles. The van der Waals surface area contributed by atoms with Crippen LogP contribution in [0.3, 0.4) is 0 Å². The van der Waals surface area contributed by atoms with Crippen molar-refractivity contribution in [2.24, 2.45) is 0 Å². The third-order valence-electron chi connectivity index (χ3n) is 6.31. The van der Waals surface area contributed by atoms with Crippen LogP contribution in [0.2, 0.25) is 0 Å². The monoisotopic (exact) mass is 372 g/mol. The summed E-state index contributed by atoms with van der Waals surface area (Å²) >= 11 is 0. The second-order valence-electron chi connectivity index (χ2n) is 8.16. The smallest absolute Gasteiger partial charge is 0.133 e. The predicted octanol–water partition coefficient (Wildman–Crippen LogP) is 5.03. The van der Waals surface area contributed by atoms with Crippen LogP contribution in [0.1, 0.15) is 48.8 Å². The molecule has 0 amide bonds. The summed E-state index contributed by atoms with van der Waals surface area (Å²) in [6, 6.07) is 13.8. The average molecular weight is 373 g/mol. The molecular formula is C24H28N4. The standard InChI is InChI=1S/C24H28N4/c1-3-22-26-20-15-28(14-13-19(20)24(27-22)25-18-10-6-11-18)21-12-5-9-17-8-4-7-16(2)23(17)21/h4-5,7-9,12,18H,3,6,10-11,13-15H2,1-2H3,(H,25,26,27). The minimum atomic E-state index is 0.599. The van der Waals surface area contributed by atoms with Crippen molar-refractivity contribution in [2.75, 3.05) is 16.8 Å². The first-order valence-corrected chi connectivity index (χ1v) is 10.6. The molecule has 5 rings (SSSR count). The molecule has 0 unspecified atom stereocenters. The van der Waals surface area contributed by atoms with E-state index >= 15 is 0 Å². The van der Waals surface area contributed by atoms with Crippen molar-refractivity contribution in [1.29, 1.82) is 0 Å². The summed E-state index contributed by atoms with van der Waals surface area (Å²) in [7, 11) is 0. The fourth-order valence-electron chi connectivity index (χ4n) is 4.48. The zero-order valence-electron chi connectivity index (χ0n) is 16.8. The lowest BCUT2D eigenvalue weighted by molar-refractivity contribution is 0.443. The summed E-state index contributed by atoms with van der Waals surface area (Å²) < 4.78 is 0. The van der Waals surface area contributed by atoms with Gasteiger partial charge in [-0.1, -0.05) is 37.3 Å². The Morgan fingerprint density at radius 2 is 1.93 bits per heavy atom. The van der Waals surface area contributed by atoms with E-state index in [4.69, 9.17) is 9.97 Å². The van der Waals surface area contributed by atoms with Crippen molar-refractivity contribution in [3.63, 3.8) is 0 Å². The SMILES string of the molecule is CCc1nc2c(c(NC3CCC3)n1)CCN(c1cccc3cccc(C)c13)C2. The van der Waals surface area contributed by atoms with Gasteiger partial charge >= 0.3 is 0 Å². The van der Waals surface area contributed by atoms with E-state index in [1.54, 1.807) is 0 Å². The molecule has 4 heteroatoms. The van der Waals surface area contributed by atoms with Crippen molar-refractivity contribution >= 4 is 22.3 Å². The van der Waals surface area contributed by atoms with Gasteiger partial charge in [0.25, 0.3) is 0 Å². The van der Waals surface area contributed by atoms with Crippen LogP contribution >= 0.6 is 0 Å². The maximum absolute atomic E-state index is 4.93. The van der Waals surface area contributed by atoms with Gasteiger partial charge in [0.05, 0.1) is 12.2 Å². The highest BCUT2D eigenvalue weighted by Crippen LogP contribution is 2.34. The summed E-state index contributed by atoms with van der Waals surface area (Å²) in [4.78, 5) is 12.3. The highest BCUT2D eigenvalue weighted by molar-refractivity contribution is 5.97. The molecule has 1 fully saturated rings. The molecule has 28 heavy (non-hydrogen) atoms. The Hall–Kier alpha value is -2.62. The molecule has 144 valence electrons. The lowest BCUT2D eigenvalue weighted by Crippen LogP contribution is -2.34. The van der Waals surface area contributed by atoms with Crippen LogP contribution in [-0.2, 0) is 19.4 Å². The van der Waals surface area contributed by atoms with Crippen LogP contribution in [0, 0.1) is 6.92 Å². The molecule has 1 aromatic heterocycles. The van der Waals surface area contributed by atoms with E-state index in [-0.39, 0.29) is 0 Å². The quantitative estimate of drug-likeness (QED) is 0.697. The van der Waals surface area contributed by atoms with E-state index in [2.05, 4.69) is 60.5 Å². The lowest BCUT2D eigenvalue weighted by atomic mass is 9.92. The first kappa shape index (κ1) is 17.5. The van der Waals surface area contributed by atoms with Crippen LogP contribution in [0.4, 0.5) is 11.5 Å². The van der Waals surface area contributed by atoms with Gasteiger partial charge in [0.2, 0.25) is 0 Å². The Morgan fingerprint density at radius 1 is 1.11 bits per heavy atom. The topological polar surface area (TPSA) is 41.1 Å². The van der Waals surface area contributed by atoms with Crippen molar-refractivity contribution in [3.05, 3.63) is 59.0 Å². The molecule has 0 bridgehead atoms. The molecule has 2 heterocycles. The molecule has 2 aromatic carbocycles. The normalized spacial score (nSPS) is 16.7. The maximum Gasteiger partial charge on any atom is 0.133 e. The van der Waals surface area contributed by atoms with Gasteiger partial charge in [-0.05, 0) is 49.6 Å². The van der Waals surface area contributed by atoms with Gasteiger partial charge in [0.15, 0.2) is 0 Å². The second-order valence-corrected chi connectivity index (χ2v) is 8.16. The Balaban J connectivity index is 1.52. The fourth-order valence-corrected chi connectivity index (χ4v) is 4.48. The van der Waals surface area contributed by atoms with Crippen molar-refractivity contribution in [1.82, 2.24) is 9.97 Å². The van der Waals surface area contributed by atoms with E-state index in [1.807, 2.05) is 0 Å². The Bertz CT molecular complexity index is 1020. The van der Waals surface area contributed by atoms with Gasteiger partial charge < -0.3 is 10.2 Å². The van der Waals surface area contributed by atoms with Crippen LogP contribution in [0.5, 0.6) is 0 Å². The van der Waals surface area contributed by atoms with E-state index < -0.39 is 0 Å². The molecule has 0 atom stereocenters. The molecule has 1 saturated carbocycles. The number of nitrogens with one attached hydrogen (secondary N) is 1. The number of rotatable bonds is 4. The number of nitrogens with zero attached hydrogens (tertiary/aromatic N) is 3. The number of benzene rings is 2. The number of hydrogen-bond acceptors (Lipinski definition) is 4. The number of aromatic nitrogens is 2. The predicted molar refractivity (Wildman–Crippen MR) is 116 cm³/mol. The summed E-state index contributed by atoms with van der Waals surface area (Å²) in [5, 5.41) is 6.38. The third-order valence-corrected chi connectivity index (χ3v) is 6.31. The molecule has 1 aliphatic carbocycles. The molecule has 0 radical (unpaired) electrons. The van der Waals surface area contributed by atoms with E-state index in [0.29, 0.717) is 6.04 Å². The fraction of sp³-hybridized carbons (Fsp3) is 0.417. The minimum absolute atomic E-state index is 0.599.